The van der Waals surface area contributed by atoms with Crippen LogP contribution in [0.15, 0.2) is 12.5 Å². The van der Waals surface area contributed by atoms with Gasteiger partial charge in [0.05, 0.1) is 6.33 Å². The minimum absolute atomic E-state index is 0.361. The number of hydrogen-bond donors (Lipinski definition) is 1. The van der Waals surface area contributed by atoms with Gasteiger partial charge in [-0.1, -0.05) is 13.8 Å². The summed E-state index contributed by atoms with van der Waals surface area (Å²) in [6.45, 7) is 5.05. The third-order valence-corrected chi connectivity index (χ3v) is 5.27. The van der Waals surface area contributed by atoms with Crippen LogP contribution in [0.2, 0.25) is 0 Å². The molecular formula is C13H23N3OS. The molecular weight excluding hydrogens is 246 g/mol. The largest absolute Gasteiger partial charge is 0.331 e. The zero-order valence-electron chi connectivity index (χ0n) is 11.2. The maximum Gasteiger partial charge on any atom is 0.0950 e. The van der Waals surface area contributed by atoms with Gasteiger partial charge in [0, 0.05) is 52.7 Å². The molecule has 0 saturated carbocycles. The first-order valence-electron chi connectivity index (χ1n) is 6.70. The maximum absolute atomic E-state index is 11.4. The average molecular weight is 269 g/mol. The van der Waals surface area contributed by atoms with Gasteiger partial charge >= 0.3 is 0 Å². The first-order chi connectivity index (χ1) is 8.63. The molecule has 1 aromatic heterocycles. The third-order valence-electron chi connectivity index (χ3n) is 3.89. The van der Waals surface area contributed by atoms with Crippen LogP contribution in [0.5, 0.6) is 0 Å². The highest BCUT2D eigenvalue weighted by molar-refractivity contribution is 7.85. The van der Waals surface area contributed by atoms with Gasteiger partial charge in [0.1, 0.15) is 0 Å². The first kappa shape index (κ1) is 13.7. The molecule has 2 N–H and O–H groups in total. The topological polar surface area (TPSA) is 60.9 Å². The van der Waals surface area contributed by atoms with Crippen molar-refractivity contribution in [3.05, 3.63) is 18.2 Å². The standard InChI is InChI=1S/C13H23N3OS/c1-10(2)12(7-14)13-8-15-9-16(13)11-3-5-18(17)6-4-11/h8-12H,3-7,14H2,1-2H3. The van der Waals surface area contributed by atoms with Crippen molar-refractivity contribution in [1.29, 1.82) is 0 Å². The van der Waals surface area contributed by atoms with Crippen LogP contribution in [0.1, 0.15) is 44.3 Å². The summed E-state index contributed by atoms with van der Waals surface area (Å²) in [5, 5.41) is 0. The van der Waals surface area contributed by atoms with E-state index in [1.54, 1.807) is 0 Å². The molecule has 1 atom stereocenters. The fourth-order valence-corrected chi connectivity index (χ4v) is 3.98. The second-order valence-electron chi connectivity index (χ2n) is 5.39. The lowest BCUT2D eigenvalue weighted by Gasteiger charge is -2.28. The van der Waals surface area contributed by atoms with Gasteiger partial charge in [0.15, 0.2) is 0 Å². The van der Waals surface area contributed by atoms with Crippen LogP contribution in [0.3, 0.4) is 0 Å². The van der Waals surface area contributed by atoms with Crippen molar-refractivity contribution in [3.63, 3.8) is 0 Å². The molecule has 1 aliphatic heterocycles. The molecule has 18 heavy (non-hydrogen) atoms. The Morgan fingerprint density at radius 3 is 2.72 bits per heavy atom. The lowest BCUT2D eigenvalue weighted by molar-refractivity contribution is 0.409. The highest BCUT2D eigenvalue weighted by Crippen LogP contribution is 2.29. The van der Waals surface area contributed by atoms with Crippen LogP contribution >= 0.6 is 0 Å². The molecule has 4 nitrogen and oxygen atoms in total. The predicted molar refractivity (Wildman–Crippen MR) is 75.0 cm³/mol. The quantitative estimate of drug-likeness (QED) is 0.904. The van der Waals surface area contributed by atoms with Crippen molar-refractivity contribution in [1.82, 2.24) is 9.55 Å². The summed E-state index contributed by atoms with van der Waals surface area (Å²) in [4.78, 5) is 4.30. The number of hydrogen-bond acceptors (Lipinski definition) is 3. The second kappa shape index (κ2) is 5.97. The average Bonchev–Trinajstić information content (AvgIpc) is 2.79. The van der Waals surface area contributed by atoms with Crippen LogP contribution in [-0.2, 0) is 10.8 Å². The molecule has 0 spiro atoms. The van der Waals surface area contributed by atoms with Crippen molar-refractivity contribution in [2.75, 3.05) is 18.1 Å². The molecule has 0 radical (unpaired) electrons. The summed E-state index contributed by atoms with van der Waals surface area (Å²) in [5.74, 6) is 2.51. The van der Waals surface area contributed by atoms with Crippen LogP contribution in [0, 0.1) is 5.92 Å². The summed E-state index contributed by atoms with van der Waals surface area (Å²) < 4.78 is 13.7. The highest BCUT2D eigenvalue weighted by atomic mass is 32.2. The van der Waals surface area contributed by atoms with Gasteiger partial charge in [-0.05, 0) is 18.8 Å². The lowest BCUT2D eigenvalue weighted by Crippen LogP contribution is -2.26. The summed E-state index contributed by atoms with van der Waals surface area (Å²) >= 11 is 0. The highest BCUT2D eigenvalue weighted by Gasteiger charge is 2.24. The van der Waals surface area contributed by atoms with Gasteiger partial charge in [-0.3, -0.25) is 4.21 Å². The predicted octanol–water partition coefficient (Wildman–Crippen LogP) is 1.67. The van der Waals surface area contributed by atoms with E-state index in [1.165, 1.54) is 5.69 Å². The van der Waals surface area contributed by atoms with E-state index in [4.69, 9.17) is 5.73 Å². The number of imidazole rings is 1. The summed E-state index contributed by atoms with van der Waals surface area (Å²) in [6, 6.07) is 0.452. The maximum atomic E-state index is 11.4. The Hall–Kier alpha value is -0.680. The molecule has 0 bridgehead atoms. The van der Waals surface area contributed by atoms with Crippen molar-refractivity contribution in [2.24, 2.45) is 11.7 Å². The Kier molecular flexibility index (Phi) is 4.56. The Balaban J connectivity index is 2.19. The van der Waals surface area contributed by atoms with Crippen molar-refractivity contribution in [3.8, 4) is 0 Å². The molecule has 5 heteroatoms. The molecule has 1 aliphatic rings. The van der Waals surface area contributed by atoms with E-state index in [0.29, 0.717) is 24.4 Å². The van der Waals surface area contributed by atoms with E-state index >= 15 is 0 Å². The summed E-state index contributed by atoms with van der Waals surface area (Å²) in [6.07, 6.45) is 5.85. The fraction of sp³-hybridized carbons (Fsp3) is 0.769. The molecule has 0 aliphatic carbocycles. The second-order valence-corrected chi connectivity index (χ2v) is 7.09. The molecule has 0 amide bonds. The molecule has 2 rings (SSSR count). The van der Waals surface area contributed by atoms with Gasteiger partial charge in [0.2, 0.25) is 0 Å². The first-order valence-corrected chi connectivity index (χ1v) is 8.19. The van der Waals surface area contributed by atoms with Crippen LogP contribution in [0.4, 0.5) is 0 Å². The minimum atomic E-state index is -0.609. The Labute approximate surface area is 111 Å². The van der Waals surface area contributed by atoms with Gasteiger partial charge in [0.25, 0.3) is 0 Å². The number of nitrogens with two attached hydrogens (primary N) is 1. The molecule has 1 aromatic rings. The van der Waals surface area contributed by atoms with Gasteiger partial charge in [-0.2, -0.15) is 0 Å². The molecule has 1 saturated heterocycles. The zero-order chi connectivity index (χ0) is 13.1. The SMILES string of the molecule is CC(C)C(CN)c1cncn1C1CCS(=O)CC1. The van der Waals surface area contributed by atoms with E-state index in [-0.39, 0.29) is 0 Å². The van der Waals surface area contributed by atoms with Crippen LogP contribution in [-0.4, -0.2) is 31.8 Å². The molecule has 0 aromatic carbocycles. The van der Waals surface area contributed by atoms with E-state index < -0.39 is 10.8 Å². The molecule has 2 heterocycles. The van der Waals surface area contributed by atoms with E-state index in [1.807, 2.05) is 12.5 Å². The Bertz CT molecular complexity index is 406. The normalized spacial score (nSPS) is 26.4. The molecule has 102 valence electrons. The molecule has 1 unspecified atom stereocenters. The third kappa shape index (κ3) is 2.83. The fourth-order valence-electron chi connectivity index (χ4n) is 2.70. The minimum Gasteiger partial charge on any atom is -0.331 e. The van der Waals surface area contributed by atoms with Crippen molar-refractivity contribution < 1.29 is 4.21 Å². The zero-order valence-corrected chi connectivity index (χ0v) is 12.0. The van der Waals surface area contributed by atoms with Gasteiger partial charge < -0.3 is 10.3 Å². The number of nitrogens with zero attached hydrogens (tertiary/aromatic N) is 2. The van der Waals surface area contributed by atoms with E-state index in [2.05, 4.69) is 23.4 Å². The van der Waals surface area contributed by atoms with Crippen LogP contribution in [0.25, 0.3) is 0 Å². The Morgan fingerprint density at radius 2 is 2.17 bits per heavy atom. The molecule has 1 fully saturated rings. The van der Waals surface area contributed by atoms with Crippen LogP contribution < -0.4 is 5.73 Å². The summed E-state index contributed by atoms with van der Waals surface area (Å²) in [5.41, 5.74) is 7.14. The summed E-state index contributed by atoms with van der Waals surface area (Å²) in [7, 11) is -0.609. The number of aromatic nitrogens is 2. The van der Waals surface area contributed by atoms with Gasteiger partial charge in [-0.25, -0.2) is 4.98 Å². The van der Waals surface area contributed by atoms with Gasteiger partial charge in [-0.15, -0.1) is 0 Å². The Morgan fingerprint density at radius 1 is 1.50 bits per heavy atom. The van der Waals surface area contributed by atoms with Crippen molar-refractivity contribution >= 4 is 10.8 Å². The van der Waals surface area contributed by atoms with E-state index in [9.17, 15) is 4.21 Å². The van der Waals surface area contributed by atoms with Crippen molar-refractivity contribution in [2.45, 2.75) is 38.6 Å². The monoisotopic (exact) mass is 269 g/mol. The lowest BCUT2D eigenvalue weighted by atomic mass is 9.92. The smallest absolute Gasteiger partial charge is 0.0950 e. The number of rotatable bonds is 4. The van der Waals surface area contributed by atoms with E-state index in [0.717, 1.165) is 24.3 Å².